The van der Waals surface area contributed by atoms with Crippen molar-refractivity contribution in [3.05, 3.63) is 194 Å². The SMILES string of the molecule is c1ccc(-n2c3cc(-c4ccc(N(c5cccc6ccccc56)c5cccc6ccccc56)cc4)ccc3c3c4sc5ccccc5c4ccc32)cc1. The van der Waals surface area contributed by atoms with E-state index >= 15 is 0 Å². The van der Waals surface area contributed by atoms with Gasteiger partial charge in [-0.15, -0.1) is 11.3 Å². The van der Waals surface area contributed by atoms with Crippen molar-refractivity contribution in [3.8, 4) is 16.8 Å². The molecule has 0 radical (unpaired) electrons. The summed E-state index contributed by atoms with van der Waals surface area (Å²) in [4.78, 5) is 2.42. The molecule has 2 aromatic heterocycles. The van der Waals surface area contributed by atoms with Crippen LogP contribution in [-0.4, -0.2) is 4.57 Å². The number of rotatable bonds is 5. The van der Waals surface area contributed by atoms with Crippen LogP contribution in [-0.2, 0) is 0 Å². The molecule has 0 atom stereocenters. The van der Waals surface area contributed by atoms with Crippen molar-refractivity contribution in [2.45, 2.75) is 0 Å². The Morgan fingerprint density at radius 1 is 0.396 bits per heavy atom. The molecule has 0 amide bonds. The highest BCUT2D eigenvalue weighted by molar-refractivity contribution is 7.26. The van der Waals surface area contributed by atoms with E-state index in [-0.39, 0.29) is 0 Å². The van der Waals surface area contributed by atoms with E-state index in [1.165, 1.54) is 80.3 Å². The van der Waals surface area contributed by atoms with Gasteiger partial charge in [0, 0.05) is 53.1 Å². The predicted molar refractivity (Wildman–Crippen MR) is 229 cm³/mol. The second-order valence-corrected chi connectivity index (χ2v) is 14.8. The molecule has 0 spiro atoms. The summed E-state index contributed by atoms with van der Waals surface area (Å²) in [7, 11) is 0. The lowest BCUT2D eigenvalue weighted by molar-refractivity contribution is 1.18. The fourth-order valence-electron chi connectivity index (χ4n) is 8.34. The minimum absolute atomic E-state index is 1.12. The van der Waals surface area contributed by atoms with Crippen LogP contribution in [0.4, 0.5) is 17.1 Å². The molecule has 11 aromatic rings. The van der Waals surface area contributed by atoms with E-state index in [9.17, 15) is 0 Å². The minimum Gasteiger partial charge on any atom is -0.309 e. The smallest absolute Gasteiger partial charge is 0.0555 e. The summed E-state index contributed by atoms with van der Waals surface area (Å²) in [5.74, 6) is 0. The maximum absolute atomic E-state index is 2.44. The number of hydrogen-bond acceptors (Lipinski definition) is 2. The van der Waals surface area contributed by atoms with Crippen LogP contribution in [0.5, 0.6) is 0 Å². The Labute approximate surface area is 311 Å². The lowest BCUT2D eigenvalue weighted by Crippen LogP contribution is -2.11. The molecule has 248 valence electrons. The molecule has 11 rings (SSSR count). The van der Waals surface area contributed by atoms with Gasteiger partial charge in [-0.3, -0.25) is 0 Å². The van der Waals surface area contributed by atoms with E-state index in [2.05, 4.69) is 204 Å². The lowest BCUT2D eigenvalue weighted by atomic mass is 10.0. The van der Waals surface area contributed by atoms with Crippen molar-refractivity contribution in [3.63, 3.8) is 0 Å². The molecule has 0 aliphatic carbocycles. The molecule has 2 heterocycles. The fraction of sp³-hybridized carbons (Fsp3) is 0. The number of anilines is 3. The molecule has 0 N–H and O–H groups in total. The monoisotopic (exact) mass is 692 g/mol. The average molecular weight is 693 g/mol. The molecule has 0 aliphatic rings. The highest BCUT2D eigenvalue weighted by atomic mass is 32.1. The lowest BCUT2D eigenvalue weighted by Gasteiger charge is -2.28. The highest BCUT2D eigenvalue weighted by Gasteiger charge is 2.20. The van der Waals surface area contributed by atoms with Crippen LogP contribution in [0, 0.1) is 0 Å². The quantitative estimate of drug-likeness (QED) is 0.174. The van der Waals surface area contributed by atoms with Crippen LogP contribution < -0.4 is 4.90 Å². The van der Waals surface area contributed by atoms with Crippen LogP contribution in [0.1, 0.15) is 0 Å². The molecule has 53 heavy (non-hydrogen) atoms. The zero-order chi connectivity index (χ0) is 34.9. The summed E-state index contributed by atoms with van der Waals surface area (Å²) in [6, 6.07) is 70.8. The first-order chi connectivity index (χ1) is 26.3. The maximum atomic E-state index is 2.44. The predicted octanol–water partition coefficient (Wildman–Crippen LogP) is 14.6. The van der Waals surface area contributed by atoms with Gasteiger partial charge in [-0.1, -0.05) is 140 Å². The van der Waals surface area contributed by atoms with Crippen molar-refractivity contribution in [2.24, 2.45) is 0 Å². The van der Waals surface area contributed by atoms with Crippen LogP contribution in [0.2, 0.25) is 0 Å². The van der Waals surface area contributed by atoms with Crippen LogP contribution in [0.15, 0.2) is 194 Å². The van der Waals surface area contributed by atoms with Crippen molar-refractivity contribution < 1.29 is 0 Å². The van der Waals surface area contributed by atoms with E-state index in [0.29, 0.717) is 0 Å². The topological polar surface area (TPSA) is 8.17 Å². The number of fused-ring (bicyclic) bond motifs is 9. The van der Waals surface area contributed by atoms with Gasteiger partial charge in [-0.05, 0) is 76.5 Å². The molecule has 0 bridgehead atoms. The Morgan fingerprint density at radius 3 is 1.70 bits per heavy atom. The van der Waals surface area contributed by atoms with E-state index in [4.69, 9.17) is 0 Å². The molecular formula is C50H32N2S. The molecule has 3 heteroatoms. The van der Waals surface area contributed by atoms with Crippen molar-refractivity contribution >= 4 is 91.9 Å². The van der Waals surface area contributed by atoms with E-state index in [1.807, 2.05) is 11.3 Å². The van der Waals surface area contributed by atoms with Gasteiger partial charge < -0.3 is 9.47 Å². The summed E-state index contributed by atoms with van der Waals surface area (Å²) >= 11 is 1.90. The molecule has 9 aromatic carbocycles. The highest BCUT2D eigenvalue weighted by Crippen LogP contribution is 2.45. The molecule has 0 fully saturated rings. The summed E-state index contributed by atoms with van der Waals surface area (Å²) in [5, 5.41) is 10.1. The molecule has 0 saturated heterocycles. The standard InChI is InChI=1S/C50H32N2S/c1-2-16-37(17-3-1)52-46-31-30-42-41-20-8-9-23-48(41)53-50(42)49(46)43-29-26-36(32-47(43)52)33-24-27-38(28-25-33)51(44-21-10-14-34-12-4-6-18-39(34)44)45-22-11-15-35-13-5-7-19-40(35)45/h1-32H. The van der Waals surface area contributed by atoms with Crippen molar-refractivity contribution in [1.29, 1.82) is 0 Å². The minimum atomic E-state index is 1.12. The maximum Gasteiger partial charge on any atom is 0.0555 e. The third-order valence-corrected chi connectivity index (χ3v) is 12.0. The molecule has 0 unspecified atom stereocenters. The Hall–Kier alpha value is -6.68. The summed E-state index contributed by atoms with van der Waals surface area (Å²) < 4.78 is 5.12. The van der Waals surface area contributed by atoms with Crippen molar-refractivity contribution in [2.75, 3.05) is 4.90 Å². The Kier molecular flexibility index (Phi) is 6.76. The van der Waals surface area contributed by atoms with Crippen LogP contribution >= 0.6 is 11.3 Å². The van der Waals surface area contributed by atoms with Crippen molar-refractivity contribution in [1.82, 2.24) is 4.57 Å². The number of benzene rings is 9. The summed E-state index contributed by atoms with van der Waals surface area (Å²) in [6.45, 7) is 0. The molecular weight excluding hydrogens is 661 g/mol. The molecule has 0 aliphatic heterocycles. The number of thiophene rings is 1. The third-order valence-electron chi connectivity index (χ3n) is 10.8. The third kappa shape index (κ3) is 4.71. The van der Waals surface area contributed by atoms with E-state index in [1.54, 1.807) is 0 Å². The Bertz CT molecular complexity index is 3080. The zero-order valence-electron chi connectivity index (χ0n) is 28.8. The number of hydrogen-bond donors (Lipinski definition) is 0. The van der Waals surface area contributed by atoms with E-state index < -0.39 is 0 Å². The van der Waals surface area contributed by atoms with Gasteiger partial charge in [0.05, 0.1) is 22.4 Å². The van der Waals surface area contributed by atoms with Gasteiger partial charge in [-0.2, -0.15) is 0 Å². The number of aromatic nitrogens is 1. The molecule has 0 saturated carbocycles. The van der Waals surface area contributed by atoms with Gasteiger partial charge in [-0.25, -0.2) is 0 Å². The largest absolute Gasteiger partial charge is 0.309 e. The van der Waals surface area contributed by atoms with Gasteiger partial charge in [0.2, 0.25) is 0 Å². The van der Waals surface area contributed by atoms with Gasteiger partial charge >= 0.3 is 0 Å². The van der Waals surface area contributed by atoms with E-state index in [0.717, 1.165) is 17.1 Å². The van der Waals surface area contributed by atoms with Crippen LogP contribution in [0.3, 0.4) is 0 Å². The summed E-state index contributed by atoms with van der Waals surface area (Å²) in [5.41, 5.74) is 9.43. The first-order valence-electron chi connectivity index (χ1n) is 18.1. The normalized spacial score (nSPS) is 11.8. The summed E-state index contributed by atoms with van der Waals surface area (Å²) in [6.07, 6.45) is 0. The van der Waals surface area contributed by atoms with Gasteiger partial charge in [0.15, 0.2) is 0 Å². The van der Waals surface area contributed by atoms with Gasteiger partial charge in [0.1, 0.15) is 0 Å². The Balaban J connectivity index is 1.10. The Morgan fingerprint density at radius 2 is 0.981 bits per heavy atom. The van der Waals surface area contributed by atoms with Crippen LogP contribution in [0.25, 0.3) is 80.3 Å². The number of nitrogens with zero attached hydrogens (tertiary/aromatic N) is 2. The fourth-order valence-corrected chi connectivity index (χ4v) is 9.59. The first kappa shape index (κ1) is 30.0. The number of para-hydroxylation sites is 1. The first-order valence-corrected chi connectivity index (χ1v) is 18.9. The van der Waals surface area contributed by atoms with Gasteiger partial charge in [0.25, 0.3) is 0 Å². The average Bonchev–Trinajstić information content (AvgIpc) is 3.77. The molecule has 2 nitrogen and oxygen atoms in total. The second kappa shape index (κ2) is 11.9. The second-order valence-electron chi connectivity index (χ2n) is 13.7. The zero-order valence-corrected chi connectivity index (χ0v) is 29.6.